The molecule has 1 aliphatic carbocycles. The Morgan fingerprint density at radius 3 is 2.18 bits per heavy atom. The third-order valence-electron chi connectivity index (χ3n) is 1.91. The van der Waals surface area contributed by atoms with Crippen LogP contribution in [0, 0.1) is 5.41 Å². The van der Waals surface area contributed by atoms with E-state index < -0.39 is 9.84 Å². The lowest BCUT2D eigenvalue weighted by molar-refractivity contribution is 0.592. The van der Waals surface area contributed by atoms with E-state index in [1.807, 2.05) is 0 Å². The van der Waals surface area contributed by atoms with Crippen molar-refractivity contribution in [1.29, 1.82) is 0 Å². The Hall–Kier alpha value is -0.160. The zero-order valence-corrected chi connectivity index (χ0v) is 7.96. The second kappa shape index (κ2) is 2.42. The Bertz CT molecular complexity index is 277. The molecular formula is C6H11NO2S2. The Balaban J connectivity index is 2.70. The van der Waals surface area contributed by atoms with Crippen LogP contribution >= 0.6 is 12.2 Å². The monoisotopic (exact) mass is 193 g/mol. The molecule has 11 heavy (non-hydrogen) atoms. The average Bonchev–Trinajstić information content (AvgIpc) is 2.43. The summed E-state index contributed by atoms with van der Waals surface area (Å²) in [7, 11) is -2.93. The second-order valence-corrected chi connectivity index (χ2v) is 5.79. The molecule has 64 valence electrons. The van der Waals surface area contributed by atoms with Gasteiger partial charge in [-0.2, -0.15) is 0 Å². The largest absolute Gasteiger partial charge is 0.393 e. The van der Waals surface area contributed by atoms with Crippen LogP contribution in [0.2, 0.25) is 0 Å². The van der Waals surface area contributed by atoms with Crippen LogP contribution in [0.3, 0.4) is 0 Å². The van der Waals surface area contributed by atoms with Gasteiger partial charge in [0.05, 0.1) is 10.7 Å². The van der Waals surface area contributed by atoms with Gasteiger partial charge in [0, 0.05) is 11.7 Å². The number of nitrogens with two attached hydrogens (primary N) is 1. The molecule has 0 aliphatic heterocycles. The molecule has 5 heteroatoms. The van der Waals surface area contributed by atoms with E-state index in [4.69, 9.17) is 18.0 Å². The molecule has 0 unspecified atom stereocenters. The molecule has 1 fully saturated rings. The van der Waals surface area contributed by atoms with Crippen LogP contribution in [0.15, 0.2) is 0 Å². The minimum atomic E-state index is -2.93. The predicted octanol–water partition coefficient (Wildman–Crippen LogP) is 0.0973. The smallest absolute Gasteiger partial charge is 0.148 e. The highest BCUT2D eigenvalue weighted by atomic mass is 32.2. The van der Waals surface area contributed by atoms with Crippen LogP contribution in [0.25, 0.3) is 0 Å². The van der Waals surface area contributed by atoms with Gasteiger partial charge >= 0.3 is 0 Å². The number of hydrogen-bond donors (Lipinski definition) is 1. The van der Waals surface area contributed by atoms with Crippen molar-refractivity contribution in [3.8, 4) is 0 Å². The Kier molecular flexibility index (Phi) is 1.96. The van der Waals surface area contributed by atoms with Crippen LogP contribution < -0.4 is 5.73 Å². The molecule has 1 rings (SSSR count). The first-order valence-corrected chi connectivity index (χ1v) is 5.80. The molecule has 0 bridgehead atoms. The third kappa shape index (κ3) is 2.13. The zero-order chi connectivity index (χ0) is 8.70. The average molecular weight is 193 g/mol. The van der Waals surface area contributed by atoms with Gasteiger partial charge in [0.25, 0.3) is 0 Å². The van der Waals surface area contributed by atoms with E-state index in [0.717, 1.165) is 12.8 Å². The van der Waals surface area contributed by atoms with Crippen molar-refractivity contribution in [3.05, 3.63) is 0 Å². The molecule has 2 N–H and O–H groups in total. The van der Waals surface area contributed by atoms with Crippen LogP contribution in [-0.4, -0.2) is 25.4 Å². The van der Waals surface area contributed by atoms with Gasteiger partial charge < -0.3 is 5.73 Å². The van der Waals surface area contributed by atoms with Crippen LogP contribution in [-0.2, 0) is 9.84 Å². The fraction of sp³-hybridized carbons (Fsp3) is 0.833. The van der Waals surface area contributed by atoms with Gasteiger partial charge in [-0.05, 0) is 12.8 Å². The maximum absolute atomic E-state index is 10.9. The fourth-order valence-corrected chi connectivity index (χ4v) is 2.93. The van der Waals surface area contributed by atoms with E-state index in [2.05, 4.69) is 0 Å². The Morgan fingerprint density at radius 1 is 1.64 bits per heavy atom. The van der Waals surface area contributed by atoms with Crippen molar-refractivity contribution in [2.24, 2.45) is 11.1 Å². The van der Waals surface area contributed by atoms with Crippen molar-refractivity contribution in [1.82, 2.24) is 0 Å². The molecule has 0 atom stereocenters. The first-order valence-electron chi connectivity index (χ1n) is 3.33. The van der Waals surface area contributed by atoms with Crippen molar-refractivity contribution in [2.75, 3.05) is 12.0 Å². The van der Waals surface area contributed by atoms with E-state index in [9.17, 15) is 8.42 Å². The van der Waals surface area contributed by atoms with Crippen molar-refractivity contribution < 1.29 is 8.42 Å². The minimum absolute atomic E-state index is 0.120. The van der Waals surface area contributed by atoms with Crippen LogP contribution in [0.1, 0.15) is 12.8 Å². The van der Waals surface area contributed by atoms with E-state index in [1.54, 1.807) is 0 Å². The summed E-state index contributed by atoms with van der Waals surface area (Å²) in [6.45, 7) is 0. The lowest BCUT2D eigenvalue weighted by Gasteiger charge is -2.10. The number of sulfone groups is 1. The molecule has 0 amide bonds. The topological polar surface area (TPSA) is 60.2 Å². The van der Waals surface area contributed by atoms with E-state index in [0.29, 0.717) is 4.99 Å². The highest BCUT2D eigenvalue weighted by Crippen LogP contribution is 2.46. The summed E-state index contributed by atoms with van der Waals surface area (Å²) in [5.41, 5.74) is 5.06. The van der Waals surface area contributed by atoms with E-state index in [-0.39, 0.29) is 11.2 Å². The van der Waals surface area contributed by atoms with Crippen LogP contribution in [0.4, 0.5) is 0 Å². The van der Waals surface area contributed by atoms with Crippen molar-refractivity contribution >= 4 is 27.0 Å². The summed E-state index contributed by atoms with van der Waals surface area (Å²) in [5.74, 6) is 0.120. The minimum Gasteiger partial charge on any atom is -0.393 e. The highest BCUT2D eigenvalue weighted by Gasteiger charge is 2.47. The Labute approximate surface area is 71.9 Å². The number of rotatable bonds is 3. The van der Waals surface area contributed by atoms with Gasteiger partial charge in [-0.1, -0.05) is 12.2 Å². The van der Waals surface area contributed by atoms with Gasteiger partial charge in [-0.25, -0.2) is 8.42 Å². The molecule has 0 spiro atoms. The van der Waals surface area contributed by atoms with Crippen molar-refractivity contribution in [2.45, 2.75) is 12.8 Å². The summed E-state index contributed by atoms with van der Waals surface area (Å²) >= 11 is 4.78. The molecule has 3 nitrogen and oxygen atoms in total. The first kappa shape index (κ1) is 8.93. The SMILES string of the molecule is CS(=O)(=O)CC1(C(N)=S)CC1. The van der Waals surface area contributed by atoms with E-state index in [1.165, 1.54) is 6.26 Å². The Morgan fingerprint density at radius 2 is 2.09 bits per heavy atom. The van der Waals surface area contributed by atoms with Gasteiger partial charge in [-0.3, -0.25) is 0 Å². The molecule has 0 radical (unpaired) electrons. The predicted molar refractivity (Wildman–Crippen MR) is 48.2 cm³/mol. The molecule has 1 aliphatic rings. The second-order valence-electron chi connectivity index (χ2n) is 3.21. The lowest BCUT2D eigenvalue weighted by Crippen LogP contribution is -2.29. The molecule has 0 heterocycles. The summed E-state index contributed by atoms with van der Waals surface area (Å²) in [4.78, 5) is 0.350. The molecule has 1 saturated carbocycles. The summed E-state index contributed by atoms with van der Waals surface area (Å²) in [5, 5.41) is 0. The summed E-state index contributed by atoms with van der Waals surface area (Å²) < 4.78 is 21.8. The zero-order valence-electron chi connectivity index (χ0n) is 6.33. The lowest BCUT2D eigenvalue weighted by atomic mass is 10.1. The third-order valence-corrected chi connectivity index (χ3v) is 3.42. The van der Waals surface area contributed by atoms with E-state index >= 15 is 0 Å². The number of thiocarbonyl (C=S) groups is 1. The maximum Gasteiger partial charge on any atom is 0.148 e. The van der Waals surface area contributed by atoms with Gasteiger partial charge in [0.15, 0.2) is 0 Å². The maximum atomic E-state index is 10.9. The highest BCUT2D eigenvalue weighted by molar-refractivity contribution is 7.90. The quantitative estimate of drug-likeness (QED) is 0.646. The molecule has 0 aromatic heterocycles. The molecule has 0 aromatic carbocycles. The first-order chi connectivity index (χ1) is 4.86. The summed E-state index contributed by atoms with van der Waals surface area (Å²) in [6, 6.07) is 0. The molecule has 0 aromatic rings. The van der Waals surface area contributed by atoms with Gasteiger partial charge in [0.1, 0.15) is 9.84 Å². The fourth-order valence-electron chi connectivity index (χ4n) is 1.11. The van der Waals surface area contributed by atoms with Crippen molar-refractivity contribution in [3.63, 3.8) is 0 Å². The van der Waals surface area contributed by atoms with Gasteiger partial charge in [-0.15, -0.1) is 0 Å². The number of hydrogen-bond acceptors (Lipinski definition) is 3. The van der Waals surface area contributed by atoms with Crippen LogP contribution in [0.5, 0.6) is 0 Å². The normalized spacial score (nSPS) is 21.2. The standard InChI is InChI=1S/C6H11NO2S2/c1-11(8,9)4-6(2-3-6)5(7)10/h2-4H2,1H3,(H2,7,10). The van der Waals surface area contributed by atoms with Gasteiger partial charge in [0.2, 0.25) is 0 Å². The molecule has 0 saturated heterocycles. The summed E-state index contributed by atoms with van der Waals surface area (Å²) in [6.07, 6.45) is 2.87. The molecular weight excluding hydrogens is 182 g/mol.